The normalized spacial score (nSPS) is 11.6. The van der Waals surface area contributed by atoms with Gasteiger partial charge < -0.3 is 9.47 Å². The van der Waals surface area contributed by atoms with Gasteiger partial charge in [0.05, 0.1) is 16.7 Å². The lowest BCUT2D eigenvalue weighted by molar-refractivity contribution is 1.18. The smallest absolute Gasteiger partial charge is 0.0562 e. The van der Waals surface area contributed by atoms with Crippen molar-refractivity contribution in [1.82, 2.24) is 4.57 Å². The van der Waals surface area contributed by atoms with E-state index in [9.17, 15) is 0 Å². The lowest BCUT2D eigenvalue weighted by atomic mass is 9.96. The van der Waals surface area contributed by atoms with E-state index in [-0.39, 0.29) is 0 Å². The van der Waals surface area contributed by atoms with Crippen LogP contribution < -0.4 is 4.90 Å². The summed E-state index contributed by atoms with van der Waals surface area (Å²) < 4.78 is 2.39. The minimum Gasteiger partial charge on any atom is -0.310 e. The zero-order valence-electron chi connectivity index (χ0n) is 27.4. The SMILES string of the molecule is c1ccc(-c2ccc(N(c3ccc4ccc5c6ccccc6ccc5c4c3)c3cccc4c3c3ccccc3n4-c3ccccc3)cc2)cc1. The number of anilines is 3. The molecule has 0 bridgehead atoms. The van der Waals surface area contributed by atoms with Gasteiger partial charge in [0.15, 0.2) is 0 Å². The predicted octanol–water partition coefficient (Wildman–Crippen LogP) is 13.4. The number of fused-ring (bicyclic) bond motifs is 8. The highest BCUT2D eigenvalue weighted by atomic mass is 15.1. The quantitative estimate of drug-likeness (QED) is 0.171. The van der Waals surface area contributed by atoms with Crippen molar-refractivity contribution in [3.63, 3.8) is 0 Å². The molecule has 0 N–H and O–H groups in total. The van der Waals surface area contributed by atoms with Crippen LogP contribution in [0.2, 0.25) is 0 Å². The Kier molecular flexibility index (Phi) is 6.53. The molecule has 10 aromatic rings. The summed E-state index contributed by atoms with van der Waals surface area (Å²) in [6, 6.07) is 70.5. The molecular formula is C48H32N2. The lowest BCUT2D eigenvalue weighted by Crippen LogP contribution is -2.10. The topological polar surface area (TPSA) is 8.17 Å². The summed E-state index contributed by atoms with van der Waals surface area (Å²) in [5.74, 6) is 0. The second-order valence-electron chi connectivity index (χ2n) is 13.0. The fourth-order valence-electron chi connectivity index (χ4n) is 7.85. The van der Waals surface area contributed by atoms with Crippen molar-refractivity contribution in [3.05, 3.63) is 194 Å². The van der Waals surface area contributed by atoms with Gasteiger partial charge in [-0.05, 0) is 98.0 Å². The van der Waals surface area contributed by atoms with Gasteiger partial charge in [-0.25, -0.2) is 0 Å². The number of benzene rings is 9. The van der Waals surface area contributed by atoms with Crippen LogP contribution in [0.3, 0.4) is 0 Å². The molecule has 0 unspecified atom stereocenters. The third-order valence-corrected chi connectivity index (χ3v) is 10.1. The Bertz CT molecular complexity index is 2850. The average molecular weight is 637 g/mol. The standard InChI is InChI=1S/C48H32N2/c1-3-12-33(13-4-1)34-22-27-38(28-23-34)49(39-29-24-36-26-30-41-40-17-8-7-14-35(40)25-31-42(41)44(36)32-39)46-20-11-21-47-48(46)43-18-9-10-19-45(43)50(47)37-15-5-2-6-16-37/h1-32H. The summed E-state index contributed by atoms with van der Waals surface area (Å²) >= 11 is 0. The van der Waals surface area contributed by atoms with Crippen LogP contribution in [0.1, 0.15) is 0 Å². The molecule has 0 saturated heterocycles. The van der Waals surface area contributed by atoms with Crippen LogP contribution in [0, 0.1) is 0 Å². The van der Waals surface area contributed by atoms with Crippen molar-refractivity contribution in [2.75, 3.05) is 4.90 Å². The van der Waals surface area contributed by atoms with E-state index in [1.807, 2.05) is 0 Å². The summed E-state index contributed by atoms with van der Waals surface area (Å²) in [6.45, 7) is 0. The summed E-state index contributed by atoms with van der Waals surface area (Å²) in [5, 5.41) is 10.0. The molecule has 2 heteroatoms. The number of aromatic nitrogens is 1. The molecule has 10 rings (SSSR count). The summed E-state index contributed by atoms with van der Waals surface area (Å²) in [7, 11) is 0. The van der Waals surface area contributed by atoms with Crippen molar-refractivity contribution >= 4 is 71.2 Å². The molecule has 2 nitrogen and oxygen atoms in total. The third-order valence-electron chi connectivity index (χ3n) is 10.1. The molecule has 0 radical (unpaired) electrons. The second kappa shape index (κ2) is 11.5. The van der Waals surface area contributed by atoms with Crippen molar-refractivity contribution in [2.24, 2.45) is 0 Å². The molecule has 0 atom stereocenters. The Hall–Kier alpha value is -6.64. The van der Waals surface area contributed by atoms with E-state index >= 15 is 0 Å². The molecule has 0 saturated carbocycles. The van der Waals surface area contributed by atoms with Crippen molar-refractivity contribution in [1.29, 1.82) is 0 Å². The Morgan fingerprint density at radius 2 is 0.920 bits per heavy atom. The summed E-state index contributed by atoms with van der Waals surface area (Å²) in [5.41, 5.74) is 9.31. The van der Waals surface area contributed by atoms with E-state index in [0.29, 0.717) is 0 Å². The molecule has 0 aliphatic carbocycles. The number of rotatable bonds is 5. The maximum Gasteiger partial charge on any atom is 0.0562 e. The third kappa shape index (κ3) is 4.50. The van der Waals surface area contributed by atoms with Crippen molar-refractivity contribution in [3.8, 4) is 16.8 Å². The molecule has 50 heavy (non-hydrogen) atoms. The van der Waals surface area contributed by atoms with Gasteiger partial charge in [-0.15, -0.1) is 0 Å². The minimum absolute atomic E-state index is 1.11. The van der Waals surface area contributed by atoms with Crippen LogP contribution in [-0.4, -0.2) is 4.57 Å². The van der Waals surface area contributed by atoms with Crippen LogP contribution in [-0.2, 0) is 0 Å². The lowest BCUT2D eigenvalue weighted by Gasteiger charge is -2.27. The fraction of sp³-hybridized carbons (Fsp3) is 0. The van der Waals surface area contributed by atoms with E-state index < -0.39 is 0 Å². The molecule has 0 aliphatic rings. The maximum atomic E-state index is 2.44. The summed E-state index contributed by atoms with van der Waals surface area (Å²) in [6.07, 6.45) is 0. The van der Waals surface area contributed by atoms with Gasteiger partial charge in [0, 0.05) is 27.8 Å². The molecule has 1 heterocycles. The fourth-order valence-corrected chi connectivity index (χ4v) is 7.85. The van der Waals surface area contributed by atoms with E-state index in [4.69, 9.17) is 0 Å². The van der Waals surface area contributed by atoms with E-state index in [1.165, 1.54) is 65.3 Å². The first-order chi connectivity index (χ1) is 24.8. The Morgan fingerprint density at radius 1 is 0.340 bits per heavy atom. The first-order valence-corrected chi connectivity index (χ1v) is 17.2. The first-order valence-electron chi connectivity index (χ1n) is 17.2. The molecule has 234 valence electrons. The first kappa shape index (κ1) is 28.4. The molecule has 0 fully saturated rings. The molecule has 0 amide bonds. The highest BCUT2D eigenvalue weighted by Gasteiger charge is 2.21. The Labute approximate surface area is 290 Å². The van der Waals surface area contributed by atoms with E-state index in [2.05, 4.69) is 204 Å². The van der Waals surface area contributed by atoms with Crippen molar-refractivity contribution < 1.29 is 0 Å². The molecule has 1 aromatic heterocycles. The van der Waals surface area contributed by atoms with Crippen LogP contribution in [0.25, 0.3) is 70.9 Å². The number of hydrogen-bond acceptors (Lipinski definition) is 1. The second-order valence-corrected chi connectivity index (χ2v) is 13.0. The maximum absolute atomic E-state index is 2.44. The monoisotopic (exact) mass is 636 g/mol. The van der Waals surface area contributed by atoms with Crippen molar-refractivity contribution in [2.45, 2.75) is 0 Å². The van der Waals surface area contributed by atoms with Crippen LogP contribution >= 0.6 is 0 Å². The van der Waals surface area contributed by atoms with Gasteiger partial charge in [0.2, 0.25) is 0 Å². The number of nitrogens with zero attached hydrogens (tertiary/aromatic N) is 2. The highest BCUT2D eigenvalue weighted by Crippen LogP contribution is 2.45. The summed E-state index contributed by atoms with van der Waals surface area (Å²) in [4.78, 5) is 2.44. The van der Waals surface area contributed by atoms with Gasteiger partial charge >= 0.3 is 0 Å². The molecule has 9 aromatic carbocycles. The minimum atomic E-state index is 1.11. The Balaban J connectivity index is 1.25. The van der Waals surface area contributed by atoms with Gasteiger partial charge in [0.1, 0.15) is 0 Å². The zero-order chi connectivity index (χ0) is 33.0. The molecular weight excluding hydrogens is 605 g/mol. The number of hydrogen-bond donors (Lipinski definition) is 0. The van der Waals surface area contributed by atoms with Gasteiger partial charge in [-0.2, -0.15) is 0 Å². The molecule has 0 spiro atoms. The van der Waals surface area contributed by atoms with Crippen LogP contribution in [0.4, 0.5) is 17.1 Å². The van der Waals surface area contributed by atoms with Gasteiger partial charge in [-0.1, -0.05) is 140 Å². The molecule has 0 aliphatic heterocycles. The largest absolute Gasteiger partial charge is 0.310 e. The zero-order valence-corrected chi connectivity index (χ0v) is 27.4. The van der Waals surface area contributed by atoms with Gasteiger partial charge in [0.25, 0.3) is 0 Å². The van der Waals surface area contributed by atoms with Crippen LogP contribution in [0.15, 0.2) is 194 Å². The van der Waals surface area contributed by atoms with Crippen LogP contribution in [0.5, 0.6) is 0 Å². The van der Waals surface area contributed by atoms with Gasteiger partial charge in [-0.3, -0.25) is 0 Å². The van der Waals surface area contributed by atoms with E-state index in [1.54, 1.807) is 0 Å². The van der Waals surface area contributed by atoms with E-state index in [0.717, 1.165) is 22.7 Å². The predicted molar refractivity (Wildman–Crippen MR) is 213 cm³/mol. The Morgan fingerprint density at radius 3 is 1.72 bits per heavy atom. The average Bonchev–Trinajstić information content (AvgIpc) is 3.54. The number of para-hydroxylation sites is 2. The highest BCUT2D eigenvalue weighted by molar-refractivity contribution is 6.19.